The molecule has 1 aliphatic carbocycles. The zero-order valence-electron chi connectivity index (χ0n) is 19.8. The van der Waals surface area contributed by atoms with Crippen molar-refractivity contribution in [3.8, 4) is 0 Å². The van der Waals surface area contributed by atoms with Crippen LogP contribution < -0.4 is 5.32 Å². The Morgan fingerprint density at radius 2 is 1.88 bits per heavy atom. The largest absolute Gasteiger partial charge is 0.466 e. The van der Waals surface area contributed by atoms with Gasteiger partial charge >= 0.3 is 5.97 Å². The first-order valence-electron chi connectivity index (χ1n) is 12.1. The van der Waals surface area contributed by atoms with Crippen LogP contribution in [0.5, 0.6) is 0 Å². The number of rotatable bonds is 10. The monoisotopic (exact) mass is 456 g/mol. The number of carbonyl (C=O) groups excluding carboxylic acids is 3. The second-order valence-electron chi connectivity index (χ2n) is 8.92. The maximum absolute atomic E-state index is 13.9. The molecule has 2 aliphatic rings. The van der Waals surface area contributed by atoms with Gasteiger partial charge in [-0.25, -0.2) is 0 Å². The Labute approximate surface area is 196 Å². The standard InChI is InChI=1S/C26H36N2O5/c1-4-6-10-15-27-24(30)23-19-14-13-17(3)21(26(32)33-5-2)22(19)25(31)28(23)20(16-29)18-11-8-7-9-12-18/h7-9,11-14,17,19-23,29H,4-6,10,15-16H2,1-3H3,(H,27,30)/t17-,19+,20-,21-,22+,23+/m1/s1. The number of hydrogen-bond acceptors (Lipinski definition) is 5. The van der Waals surface area contributed by atoms with Gasteiger partial charge in [0.15, 0.2) is 0 Å². The van der Waals surface area contributed by atoms with Crippen molar-refractivity contribution in [1.82, 2.24) is 10.2 Å². The number of likely N-dealkylation sites (tertiary alicyclic amines) is 1. The lowest BCUT2D eigenvalue weighted by molar-refractivity contribution is -0.155. The average Bonchev–Trinajstić information content (AvgIpc) is 3.10. The van der Waals surface area contributed by atoms with Crippen molar-refractivity contribution in [2.45, 2.75) is 52.1 Å². The molecular weight excluding hydrogens is 420 g/mol. The predicted molar refractivity (Wildman–Crippen MR) is 125 cm³/mol. The summed E-state index contributed by atoms with van der Waals surface area (Å²) >= 11 is 0. The number of aliphatic hydroxyl groups is 1. The van der Waals surface area contributed by atoms with E-state index in [0.29, 0.717) is 6.54 Å². The number of ether oxygens (including phenoxy) is 1. The summed E-state index contributed by atoms with van der Waals surface area (Å²) in [7, 11) is 0. The molecule has 1 saturated heterocycles. The van der Waals surface area contributed by atoms with Crippen LogP contribution in [-0.4, -0.2) is 53.6 Å². The zero-order valence-corrected chi connectivity index (χ0v) is 19.8. The quantitative estimate of drug-likeness (QED) is 0.321. The van der Waals surface area contributed by atoms with Crippen LogP contribution in [-0.2, 0) is 19.1 Å². The van der Waals surface area contributed by atoms with E-state index in [0.717, 1.165) is 24.8 Å². The Bertz CT molecular complexity index is 855. The highest BCUT2D eigenvalue weighted by Gasteiger charge is 2.58. The fraction of sp³-hybridized carbons (Fsp3) is 0.577. The highest BCUT2D eigenvalue weighted by molar-refractivity contribution is 5.96. The van der Waals surface area contributed by atoms with Gasteiger partial charge in [0.1, 0.15) is 6.04 Å². The smallest absolute Gasteiger partial charge is 0.310 e. The van der Waals surface area contributed by atoms with Gasteiger partial charge in [0.05, 0.1) is 31.1 Å². The molecular formula is C26H36N2O5. The van der Waals surface area contributed by atoms with Crippen LogP contribution in [0.2, 0.25) is 0 Å². The first-order valence-corrected chi connectivity index (χ1v) is 12.1. The zero-order chi connectivity index (χ0) is 24.0. The normalized spacial score (nSPS) is 27.2. The van der Waals surface area contributed by atoms with Crippen LogP contribution in [0.3, 0.4) is 0 Å². The van der Waals surface area contributed by atoms with E-state index in [2.05, 4.69) is 12.2 Å². The summed E-state index contributed by atoms with van der Waals surface area (Å²) in [4.78, 5) is 41.6. The van der Waals surface area contributed by atoms with Crippen LogP contribution >= 0.6 is 0 Å². The molecule has 180 valence electrons. The molecule has 1 aliphatic heterocycles. The van der Waals surface area contributed by atoms with Crippen LogP contribution in [0.1, 0.15) is 51.6 Å². The first kappa shape index (κ1) is 25.0. The van der Waals surface area contributed by atoms with E-state index < -0.39 is 35.8 Å². The Kier molecular flexibility index (Phi) is 8.67. The van der Waals surface area contributed by atoms with Crippen molar-refractivity contribution in [2.24, 2.45) is 23.7 Å². The number of carbonyl (C=O) groups is 3. The Morgan fingerprint density at radius 1 is 1.15 bits per heavy atom. The fourth-order valence-electron chi connectivity index (χ4n) is 5.19. The lowest BCUT2D eigenvalue weighted by atomic mass is 9.70. The summed E-state index contributed by atoms with van der Waals surface area (Å²) < 4.78 is 5.31. The topological polar surface area (TPSA) is 95.9 Å². The molecule has 0 aromatic heterocycles. The minimum atomic E-state index is -0.804. The molecule has 33 heavy (non-hydrogen) atoms. The number of aliphatic hydroxyl groups excluding tert-OH is 1. The molecule has 2 N–H and O–H groups in total. The Balaban J connectivity index is 2.00. The van der Waals surface area contributed by atoms with Gasteiger partial charge in [-0.1, -0.05) is 69.2 Å². The first-order chi connectivity index (χ1) is 16.0. The minimum Gasteiger partial charge on any atom is -0.466 e. The Morgan fingerprint density at radius 3 is 2.52 bits per heavy atom. The summed E-state index contributed by atoms with van der Waals surface area (Å²) in [5, 5.41) is 13.3. The van der Waals surface area contributed by atoms with Crippen LogP contribution in [0.25, 0.3) is 0 Å². The Hall–Kier alpha value is -2.67. The van der Waals surface area contributed by atoms with Gasteiger partial charge in [-0.3, -0.25) is 14.4 Å². The van der Waals surface area contributed by atoms with Crippen molar-refractivity contribution in [3.05, 3.63) is 48.0 Å². The molecule has 1 aromatic rings. The molecule has 0 radical (unpaired) electrons. The highest BCUT2D eigenvalue weighted by atomic mass is 16.5. The van der Waals surface area contributed by atoms with Gasteiger partial charge in [0.25, 0.3) is 0 Å². The third-order valence-electron chi connectivity index (χ3n) is 6.81. The summed E-state index contributed by atoms with van der Waals surface area (Å²) in [6, 6.07) is 7.75. The molecule has 0 spiro atoms. The molecule has 7 nitrogen and oxygen atoms in total. The van der Waals surface area contributed by atoms with Gasteiger partial charge in [-0.15, -0.1) is 0 Å². The summed E-state index contributed by atoms with van der Waals surface area (Å²) in [5.41, 5.74) is 0.750. The number of esters is 1. The molecule has 3 rings (SSSR count). The maximum atomic E-state index is 13.9. The maximum Gasteiger partial charge on any atom is 0.310 e. The third-order valence-corrected chi connectivity index (χ3v) is 6.81. The van der Waals surface area contributed by atoms with E-state index in [1.807, 2.05) is 49.4 Å². The van der Waals surface area contributed by atoms with Crippen molar-refractivity contribution < 1.29 is 24.2 Å². The molecule has 1 aromatic carbocycles. The van der Waals surface area contributed by atoms with Crippen molar-refractivity contribution >= 4 is 17.8 Å². The predicted octanol–water partition coefficient (Wildman–Crippen LogP) is 2.85. The molecule has 1 heterocycles. The summed E-state index contributed by atoms with van der Waals surface area (Å²) in [6.45, 7) is 6.16. The summed E-state index contributed by atoms with van der Waals surface area (Å²) in [5.74, 6) is -2.97. The van der Waals surface area contributed by atoms with Crippen molar-refractivity contribution in [1.29, 1.82) is 0 Å². The van der Waals surface area contributed by atoms with Gasteiger partial charge in [-0.05, 0) is 24.8 Å². The van der Waals surface area contributed by atoms with E-state index in [-0.39, 0.29) is 30.9 Å². The number of nitrogens with zero attached hydrogens (tertiary/aromatic N) is 1. The number of hydrogen-bond donors (Lipinski definition) is 2. The van der Waals surface area contributed by atoms with Crippen LogP contribution in [0.4, 0.5) is 0 Å². The fourth-order valence-corrected chi connectivity index (χ4v) is 5.19. The number of allylic oxidation sites excluding steroid dienone is 1. The average molecular weight is 457 g/mol. The van der Waals surface area contributed by atoms with Crippen molar-refractivity contribution in [3.63, 3.8) is 0 Å². The van der Waals surface area contributed by atoms with Gasteiger partial charge < -0.3 is 20.1 Å². The molecule has 1 fully saturated rings. The third kappa shape index (κ3) is 5.13. The van der Waals surface area contributed by atoms with E-state index in [1.165, 1.54) is 4.90 Å². The molecule has 2 amide bonds. The number of benzene rings is 1. The van der Waals surface area contributed by atoms with Crippen LogP contribution in [0.15, 0.2) is 42.5 Å². The number of unbranched alkanes of at least 4 members (excludes halogenated alkanes) is 2. The van der Waals surface area contributed by atoms with Gasteiger partial charge in [0.2, 0.25) is 11.8 Å². The molecule has 7 heteroatoms. The lowest BCUT2D eigenvalue weighted by Gasteiger charge is -2.33. The van der Waals surface area contributed by atoms with Gasteiger partial charge in [-0.2, -0.15) is 0 Å². The molecule has 0 bridgehead atoms. The second-order valence-corrected chi connectivity index (χ2v) is 8.92. The molecule has 0 saturated carbocycles. The second kappa shape index (κ2) is 11.5. The lowest BCUT2D eigenvalue weighted by Crippen LogP contribution is -2.49. The molecule has 0 unspecified atom stereocenters. The van der Waals surface area contributed by atoms with Crippen LogP contribution in [0, 0.1) is 23.7 Å². The minimum absolute atomic E-state index is 0.188. The highest BCUT2D eigenvalue weighted by Crippen LogP contribution is 2.47. The number of fused-ring (bicyclic) bond motifs is 1. The van der Waals surface area contributed by atoms with E-state index in [4.69, 9.17) is 4.74 Å². The SMILES string of the molecule is CCCCCNC(=O)[C@@H]1[C@H]2C=C[C@@H](C)[C@@H](C(=O)OCC)[C@H]2C(=O)N1[C@H](CO)c1ccccc1. The molecule has 6 atom stereocenters. The number of amides is 2. The number of nitrogens with one attached hydrogen (secondary N) is 1. The van der Waals surface area contributed by atoms with E-state index in [9.17, 15) is 19.5 Å². The van der Waals surface area contributed by atoms with Gasteiger partial charge in [0, 0.05) is 12.5 Å². The van der Waals surface area contributed by atoms with Crippen molar-refractivity contribution in [2.75, 3.05) is 19.8 Å². The van der Waals surface area contributed by atoms with E-state index in [1.54, 1.807) is 6.92 Å². The summed E-state index contributed by atoms with van der Waals surface area (Å²) in [6.07, 6.45) is 6.71. The van der Waals surface area contributed by atoms with E-state index >= 15 is 0 Å².